The Kier molecular flexibility index (Phi) is 4.66. The number of benzene rings is 1. The number of hydrogen-bond donors (Lipinski definition) is 1. The Labute approximate surface area is 189 Å². The van der Waals surface area contributed by atoms with E-state index in [4.69, 9.17) is 9.72 Å². The van der Waals surface area contributed by atoms with Gasteiger partial charge in [-0.3, -0.25) is 9.78 Å². The Hall–Kier alpha value is -4.04. The van der Waals surface area contributed by atoms with E-state index in [0.29, 0.717) is 25.1 Å². The van der Waals surface area contributed by atoms with Crippen LogP contribution in [0.3, 0.4) is 0 Å². The average Bonchev–Trinajstić information content (AvgIpc) is 3.50. The minimum absolute atomic E-state index is 0.0851. The quantitative estimate of drug-likeness (QED) is 0.464. The first-order chi connectivity index (χ1) is 16.2. The van der Waals surface area contributed by atoms with Crippen LogP contribution < -0.4 is 0 Å². The molecule has 0 spiro atoms. The van der Waals surface area contributed by atoms with Crippen LogP contribution in [-0.2, 0) is 17.8 Å². The molecule has 0 aliphatic carbocycles. The second kappa shape index (κ2) is 7.83. The second-order valence-electron chi connectivity index (χ2n) is 8.23. The van der Waals surface area contributed by atoms with Gasteiger partial charge in [0.05, 0.1) is 41.6 Å². The zero-order valence-electron chi connectivity index (χ0n) is 18.1. The molecule has 1 N–H and O–H groups in total. The van der Waals surface area contributed by atoms with Crippen LogP contribution in [0, 0.1) is 0 Å². The largest absolute Gasteiger partial charge is 0.380 e. The van der Waals surface area contributed by atoms with Gasteiger partial charge in [-0.1, -0.05) is 30.3 Å². The molecular weight excluding hydrogens is 416 g/mol. The highest BCUT2D eigenvalue weighted by atomic mass is 16.5. The first-order valence-electron chi connectivity index (χ1n) is 10.9. The zero-order valence-corrected chi connectivity index (χ0v) is 18.1. The van der Waals surface area contributed by atoms with Crippen molar-refractivity contribution >= 4 is 22.2 Å². The minimum Gasteiger partial charge on any atom is -0.380 e. The van der Waals surface area contributed by atoms with Crippen molar-refractivity contribution in [3.05, 3.63) is 95.6 Å². The van der Waals surface area contributed by atoms with E-state index in [-0.39, 0.29) is 11.9 Å². The first kappa shape index (κ1) is 19.6. The standard InChI is InChI=1S/C25H22N6O2/c1-33-14-16-6-7-22-19(12-29-31(22)13-16)25(32)30-9-8-20-23(28-15-27-20)24(30)21-10-17-4-2-3-5-18(17)11-26-21/h2-7,10-13,15,24H,8-9,14H2,1H3,(H,27,28)/t24-/m0/s1. The van der Waals surface area contributed by atoms with E-state index >= 15 is 0 Å². The molecule has 6 rings (SSSR count). The molecule has 1 amide bonds. The van der Waals surface area contributed by atoms with Crippen molar-refractivity contribution in [2.75, 3.05) is 13.7 Å². The number of carbonyl (C=O) groups excluding carboxylic acids is 1. The Morgan fingerprint density at radius 2 is 2.03 bits per heavy atom. The number of rotatable bonds is 4. The maximum Gasteiger partial charge on any atom is 0.258 e. The number of carbonyl (C=O) groups is 1. The fourth-order valence-corrected chi connectivity index (χ4v) is 4.64. The summed E-state index contributed by atoms with van der Waals surface area (Å²) < 4.78 is 6.94. The van der Waals surface area contributed by atoms with Crippen LogP contribution in [0.15, 0.2) is 67.4 Å². The molecule has 0 fully saturated rings. The van der Waals surface area contributed by atoms with E-state index in [0.717, 1.165) is 38.9 Å². The lowest BCUT2D eigenvalue weighted by Crippen LogP contribution is -2.41. The molecule has 1 aliphatic rings. The Balaban J connectivity index is 1.43. The highest BCUT2D eigenvalue weighted by Crippen LogP contribution is 2.35. The summed E-state index contributed by atoms with van der Waals surface area (Å²) in [5.74, 6) is -0.0851. The third-order valence-corrected chi connectivity index (χ3v) is 6.24. The average molecular weight is 438 g/mol. The van der Waals surface area contributed by atoms with Crippen molar-refractivity contribution in [3.63, 3.8) is 0 Å². The van der Waals surface area contributed by atoms with Gasteiger partial charge in [0.1, 0.15) is 6.04 Å². The number of ether oxygens (including phenoxy) is 1. The number of pyridine rings is 2. The van der Waals surface area contributed by atoms with Gasteiger partial charge in [-0.25, -0.2) is 9.50 Å². The number of methoxy groups -OCH3 is 1. The summed E-state index contributed by atoms with van der Waals surface area (Å²) in [6, 6.07) is 13.7. The maximum absolute atomic E-state index is 13.8. The van der Waals surface area contributed by atoms with Gasteiger partial charge in [-0.05, 0) is 23.1 Å². The van der Waals surface area contributed by atoms with Gasteiger partial charge in [0.15, 0.2) is 0 Å². The summed E-state index contributed by atoms with van der Waals surface area (Å²) in [5, 5.41) is 6.57. The van der Waals surface area contributed by atoms with Crippen molar-refractivity contribution in [2.45, 2.75) is 19.1 Å². The molecule has 33 heavy (non-hydrogen) atoms. The van der Waals surface area contributed by atoms with Gasteiger partial charge < -0.3 is 14.6 Å². The van der Waals surface area contributed by atoms with Crippen LogP contribution in [0.5, 0.6) is 0 Å². The number of nitrogens with zero attached hydrogens (tertiary/aromatic N) is 5. The van der Waals surface area contributed by atoms with Crippen molar-refractivity contribution in [1.82, 2.24) is 29.5 Å². The lowest BCUT2D eigenvalue weighted by molar-refractivity contribution is 0.0689. The molecule has 8 nitrogen and oxygen atoms in total. The summed E-state index contributed by atoms with van der Waals surface area (Å²) >= 11 is 0. The van der Waals surface area contributed by atoms with Gasteiger partial charge in [-0.2, -0.15) is 5.10 Å². The van der Waals surface area contributed by atoms with Crippen LogP contribution in [0.4, 0.5) is 0 Å². The maximum atomic E-state index is 13.8. The number of amides is 1. The molecule has 1 aromatic carbocycles. The number of imidazole rings is 1. The number of nitrogens with one attached hydrogen (secondary N) is 1. The fraction of sp³-hybridized carbons (Fsp3) is 0.200. The Morgan fingerprint density at radius 3 is 2.91 bits per heavy atom. The smallest absolute Gasteiger partial charge is 0.258 e. The van der Waals surface area contributed by atoms with Crippen molar-refractivity contribution < 1.29 is 9.53 Å². The molecule has 5 aromatic rings. The number of H-pyrrole nitrogens is 1. The van der Waals surface area contributed by atoms with E-state index in [2.05, 4.69) is 27.2 Å². The number of aromatic nitrogens is 5. The molecule has 0 unspecified atom stereocenters. The fourth-order valence-electron chi connectivity index (χ4n) is 4.64. The van der Waals surface area contributed by atoms with Gasteiger partial charge in [0, 0.05) is 43.5 Å². The predicted molar refractivity (Wildman–Crippen MR) is 123 cm³/mol. The van der Waals surface area contributed by atoms with Crippen LogP contribution in [0.2, 0.25) is 0 Å². The zero-order chi connectivity index (χ0) is 22.4. The van der Waals surface area contributed by atoms with E-state index in [1.165, 1.54) is 0 Å². The normalized spacial score (nSPS) is 15.8. The van der Waals surface area contributed by atoms with Crippen LogP contribution in [-0.4, -0.2) is 49.0 Å². The Morgan fingerprint density at radius 1 is 1.15 bits per heavy atom. The third kappa shape index (κ3) is 3.27. The van der Waals surface area contributed by atoms with Gasteiger partial charge in [-0.15, -0.1) is 0 Å². The van der Waals surface area contributed by atoms with E-state index in [1.807, 2.05) is 47.6 Å². The Bertz CT molecular complexity index is 1490. The summed E-state index contributed by atoms with van der Waals surface area (Å²) in [7, 11) is 1.66. The van der Waals surface area contributed by atoms with Crippen molar-refractivity contribution in [1.29, 1.82) is 0 Å². The molecular formula is C25H22N6O2. The molecule has 1 aliphatic heterocycles. The highest BCUT2D eigenvalue weighted by Gasteiger charge is 2.36. The molecule has 0 saturated carbocycles. The molecule has 0 saturated heterocycles. The summed E-state index contributed by atoms with van der Waals surface area (Å²) in [4.78, 5) is 28.3. The summed E-state index contributed by atoms with van der Waals surface area (Å²) in [6.45, 7) is 1.05. The molecule has 1 atom stereocenters. The monoisotopic (exact) mass is 438 g/mol. The molecule has 5 heterocycles. The molecule has 0 radical (unpaired) electrons. The minimum atomic E-state index is -0.375. The van der Waals surface area contributed by atoms with Crippen LogP contribution in [0.25, 0.3) is 16.3 Å². The third-order valence-electron chi connectivity index (χ3n) is 6.24. The molecule has 164 valence electrons. The summed E-state index contributed by atoms with van der Waals surface area (Å²) in [5.41, 5.74) is 5.00. The lowest BCUT2D eigenvalue weighted by Gasteiger charge is -2.34. The predicted octanol–water partition coefficient (Wildman–Crippen LogP) is 3.54. The number of aromatic amines is 1. The highest BCUT2D eigenvalue weighted by molar-refractivity contribution is 6.01. The second-order valence-corrected chi connectivity index (χ2v) is 8.23. The number of hydrogen-bond acceptors (Lipinski definition) is 5. The van der Waals surface area contributed by atoms with E-state index < -0.39 is 0 Å². The van der Waals surface area contributed by atoms with Crippen molar-refractivity contribution in [2.24, 2.45) is 0 Å². The van der Waals surface area contributed by atoms with Crippen LogP contribution >= 0.6 is 0 Å². The van der Waals surface area contributed by atoms with Crippen LogP contribution in [0.1, 0.15) is 39.0 Å². The van der Waals surface area contributed by atoms with Gasteiger partial charge in [0.25, 0.3) is 5.91 Å². The van der Waals surface area contributed by atoms with Gasteiger partial charge >= 0.3 is 0 Å². The first-order valence-corrected chi connectivity index (χ1v) is 10.9. The SMILES string of the molecule is COCc1ccc2c(C(=O)N3CCc4[nH]cnc4[C@@H]3c3cc4ccccc4cn3)cnn2c1. The number of fused-ring (bicyclic) bond motifs is 3. The van der Waals surface area contributed by atoms with E-state index in [9.17, 15) is 4.79 Å². The lowest BCUT2D eigenvalue weighted by atomic mass is 9.97. The topological polar surface area (TPSA) is 88.4 Å². The van der Waals surface area contributed by atoms with Crippen molar-refractivity contribution in [3.8, 4) is 0 Å². The molecule has 8 heteroatoms. The molecule has 4 aromatic heterocycles. The molecule has 0 bridgehead atoms. The summed E-state index contributed by atoms with van der Waals surface area (Å²) in [6.07, 6.45) is 7.79. The van der Waals surface area contributed by atoms with Gasteiger partial charge in [0.2, 0.25) is 0 Å². The van der Waals surface area contributed by atoms with E-state index in [1.54, 1.807) is 24.1 Å².